The van der Waals surface area contributed by atoms with Gasteiger partial charge in [0, 0.05) is 5.69 Å². The van der Waals surface area contributed by atoms with Gasteiger partial charge in [0.25, 0.3) is 0 Å². The van der Waals surface area contributed by atoms with E-state index in [1.807, 2.05) is 6.07 Å². The fourth-order valence-corrected chi connectivity index (χ4v) is 4.99. The van der Waals surface area contributed by atoms with Gasteiger partial charge in [-0.1, -0.05) is 19.4 Å². The topological polar surface area (TPSA) is 52.3 Å². The fraction of sp³-hybridized carbons (Fsp3) is 0.611. The minimum atomic E-state index is -0.360. The molecular formula is C18H25NO2. The van der Waals surface area contributed by atoms with Crippen molar-refractivity contribution in [3.8, 4) is 0 Å². The molecule has 2 aliphatic carbocycles. The number of fused-ring (bicyclic) bond motifs is 3. The molecule has 0 heterocycles. The van der Waals surface area contributed by atoms with Crippen LogP contribution in [-0.2, 0) is 21.4 Å². The van der Waals surface area contributed by atoms with Crippen molar-refractivity contribution in [2.24, 2.45) is 11.3 Å². The normalized spacial score (nSPS) is 34.7. The molecular weight excluding hydrogens is 262 g/mol. The quantitative estimate of drug-likeness (QED) is 0.636. The molecule has 1 aromatic rings. The Morgan fingerprint density at radius 2 is 2.10 bits per heavy atom. The Kier molecular flexibility index (Phi) is 3.27. The molecule has 3 heteroatoms. The Morgan fingerprint density at radius 1 is 1.33 bits per heavy atom. The van der Waals surface area contributed by atoms with Crippen molar-refractivity contribution in [1.29, 1.82) is 0 Å². The molecule has 114 valence electrons. The maximum absolute atomic E-state index is 12.4. The highest BCUT2D eigenvalue weighted by atomic mass is 16.5. The summed E-state index contributed by atoms with van der Waals surface area (Å²) >= 11 is 0. The average molecular weight is 287 g/mol. The second-order valence-corrected chi connectivity index (χ2v) is 7.19. The van der Waals surface area contributed by atoms with Crippen molar-refractivity contribution in [2.45, 2.75) is 51.4 Å². The van der Waals surface area contributed by atoms with Gasteiger partial charge in [-0.3, -0.25) is 4.79 Å². The summed E-state index contributed by atoms with van der Waals surface area (Å²) in [4.78, 5) is 12.4. The highest BCUT2D eigenvalue weighted by Crippen LogP contribution is 2.57. The summed E-state index contributed by atoms with van der Waals surface area (Å²) in [6.07, 6.45) is 5.19. The molecule has 0 radical (unpaired) electrons. The van der Waals surface area contributed by atoms with Gasteiger partial charge >= 0.3 is 5.97 Å². The van der Waals surface area contributed by atoms with E-state index in [0.717, 1.165) is 37.8 Å². The Morgan fingerprint density at radius 3 is 2.81 bits per heavy atom. The molecule has 3 atom stereocenters. The van der Waals surface area contributed by atoms with Gasteiger partial charge in [-0.2, -0.15) is 0 Å². The van der Waals surface area contributed by atoms with Gasteiger partial charge in [-0.05, 0) is 67.2 Å². The molecule has 2 N–H and O–H groups in total. The number of methoxy groups -OCH3 is 1. The second-order valence-electron chi connectivity index (χ2n) is 7.19. The van der Waals surface area contributed by atoms with E-state index in [-0.39, 0.29) is 16.8 Å². The zero-order valence-corrected chi connectivity index (χ0v) is 13.2. The van der Waals surface area contributed by atoms with E-state index in [1.165, 1.54) is 18.2 Å². The Bertz CT molecular complexity index is 583. The van der Waals surface area contributed by atoms with E-state index in [4.69, 9.17) is 10.5 Å². The Labute approximate surface area is 126 Å². The van der Waals surface area contributed by atoms with Crippen molar-refractivity contribution in [3.05, 3.63) is 29.3 Å². The van der Waals surface area contributed by atoms with Crippen LogP contribution in [0, 0.1) is 11.3 Å². The van der Waals surface area contributed by atoms with E-state index in [9.17, 15) is 4.79 Å². The van der Waals surface area contributed by atoms with Gasteiger partial charge in [-0.25, -0.2) is 0 Å². The molecule has 0 spiro atoms. The van der Waals surface area contributed by atoms with E-state index >= 15 is 0 Å². The van der Waals surface area contributed by atoms with Crippen LogP contribution in [0.3, 0.4) is 0 Å². The number of hydrogen-bond acceptors (Lipinski definition) is 3. The van der Waals surface area contributed by atoms with Gasteiger partial charge < -0.3 is 10.5 Å². The standard InChI is InChI=1S/C18H25NO2/c1-17-9-4-10-18(2,16(20)21-3)15(17)8-5-12-11-13(19)6-7-14(12)17/h6-7,11,15H,4-5,8-10,19H2,1-3H3/t15?,17-,18-/m1/s1. The molecule has 0 aliphatic heterocycles. The summed E-state index contributed by atoms with van der Waals surface area (Å²) in [7, 11) is 1.51. The zero-order chi connectivity index (χ0) is 15.3. The smallest absolute Gasteiger partial charge is 0.311 e. The van der Waals surface area contributed by atoms with Crippen LogP contribution in [0.25, 0.3) is 0 Å². The SMILES string of the molecule is COC(=O)[C@]1(C)CCC[C@]2(C)c3ccc(N)cc3CCC12. The lowest BCUT2D eigenvalue weighted by Crippen LogP contribution is -2.52. The van der Waals surface area contributed by atoms with Crippen LogP contribution in [0.1, 0.15) is 50.7 Å². The second kappa shape index (κ2) is 4.75. The number of carbonyl (C=O) groups excluding carboxylic acids is 1. The highest BCUT2D eigenvalue weighted by Gasteiger charge is 2.55. The van der Waals surface area contributed by atoms with Gasteiger partial charge in [0.15, 0.2) is 0 Å². The maximum Gasteiger partial charge on any atom is 0.311 e. The number of nitrogen functional groups attached to an aromatic ring is 1. The molecule has 1 fully saturated rings. The van der Waals surface area contributed by atoms with E-state index in [1.54, 1.807) is 0 Å². The molecule has 1 unspecified atom stereocenters. The summed E-state index contributed by atoms with van der Waals surface area (Å²) in [5, 5.41) is 0. The molecule has 1 saturated carbocycles. The number of rotatable bonds is 1. The molecule has 3 nitrogen and oxygen atoms in total. The van der Waals surface area contributed by atoms with Crippen LogP contribution in [-0.4, -0.2) is 13.1 Å². The number of ether oxygens (including phenoxy) is 1. The summed E-state index contributed by atoms with van der Waals surface area (Å²) in [6, 6.07) is 6.29. The van der Waals surface area contributed by atoms with Crippen LogP contribution in [0.5, 0.6) is 0 Å². The number of carbonyl (C=O) groups is 1. The summed E-state index contributed by atoms with van der Waals surface area (Å²) in [5.41, 5.74) is 9.23. The predicted octanol–water partition coefficient (Wildman–Crippen LogP) is 3.45. The zero-order valence-electron chi connectivity index (χ0n) is 13.2. The number of nitrogens with two attached hydrogens (primary N) is 1. The first-order chi connectivity index (χ1) is 9.91. The van der Waals surface area contributed by atoms with Crippen LogP contribution in [0.4, 0.5) is 5.69 Å². The van der Waals surface area contributed by atoms with Gasteiger partial charge in [0.2, 0.25) is 0 Å². The van der Waals surface area contributed by atoms with Crippen LogP contribution < -0.4 is 5.73 Å². The third-order valence-corrected chi connectivity index (χ3v) is 6.03. The average Bonchev–Trinajstić information content (AvgIpc) is 2.45. The van der Waals surface area contributed by atoms with Crippen LogP contribution in [0.2, 0.25) is 0 Å². The number of aryl methyl sites for hydroxylation is 1. The minimum absolute atomic E-state index is 0.0441. The first-order valence-corrected chi connectivity index (χ1v) is 7.89. The molecule has 0 saturated heterocycles. The lowest BCUT2D eigenvalue weighted by molar-refractivity contribution is -0.161. The van der Waals surface area contributed by atoms with Crippen molar-refractivity contribution >= 4 is 11.7 Å². The Hall–Kier alpha value is -1.51. The lowest BCUT2D eigenvalue weighted by atomic mass is 9.50. The molecule has 2 aliphatic rings. The van der Waals surface area contributed by atoms with Crippen molar-refractivity contribution in [2.75, 3.05) is 12.8 Å². The third-order valence-electron chi connectivity index (χ3n) is 6.03. The van der Waals surface area contributed by atoms with Crippen molar-refractivity contribution in [3.63, 3.8) is 0 Å². The van der Waals surface area contributed by atoms with E-state index in [0.29, 0.717) is 5.92 Å². The van der Waals surface area contributed by atoms with E-state index < -0.39 is 0 Å². The molecule has 3 rings (SSSR count). The van der Waals surface area contributed by atoms with Crippen molar-refractivity contribution in [1.82, 2.24) is 0 Å². The molecule has 0 aromatic heterocycles. The summed E-state index contributed by atoms with van der Waals surface area (Å²) < 4.78 is 5.13. The van der Waals surface area contributed by atoms with Gasteiger partial charge in [0.1, 0.15) is 0 Å². The maximum atomic E-state index is 12.4. The predicted molar refractivity (Wildman–Crippen MR) is 84.0 cm³/mol. The third kappa shape index (κ3) is 1.97. The number of anilines is 1. The first-order valence-electron chi connectivity index (χ1n) is 7.89. The summed E-state index contributed by atoms with van der Waals surface area (Å²) in [6.45, 7) is 4.43. The van der Waals surface area contributed by atoms with E-state index in [2.05, 4.69) is 26.0 Å². The van der Waals surface area contributed by atoms with Gasteiger partial charge in [0.05, 0.1) is 12.5 Å². The number of esters is 1. The summed E-state index contributed by atoms with van der Waals surface area (Å²) in [5.74, 6) is 0.305. The highest BCUT2D eigenvalue weighted by molar-refractivity contribution is 5.77. The van der Waals surface area contributed by atoms with Crippen LogP contribution >= 0.6 is 0 Å². The Balaban J connectivity index is 2.09. The first kappa shape index (κ1) is 14.4. The largest absolute Gasteiger partial charge is 0.469 e. The van der Waals surface area contributed by atoms with Crippen molar-refractivity contribution < 1.29 is 9.53 Å². The van der Waals surface area contributed by atoms with Crippen LogP contribution in [0.15, 0.2) is 18.2 Å². The molecule has 1 aromatic carbocycles. The molecule has 0 amide bonds. The number of hydrogen-bond donors (Lipinski definition) is 1. The minimum Gasteiger partial charge on any atom is -0.469 e. The monoisotopic (exact) mass is 287 g/mol. The lowest BCUT2D eigenvalue weighted by Gasteiger charge is -2.54. The number of benzene rings is 1. The fourth-order valence-electron chi connectivity index (χ4n) is 4.99. The van der Waals surface area contributed by atoms with Gasteiger partial charge in [-0.15, -0.1) is 0 Å². The molecule has 21 heavy (non-hydrogen) atoms. The molecule has 0 bridgehead atoms.